The highest BCUT2D eigenvalue weighted by atomic mass is 32.2. The van der Waals surface area contributed by atoms with Gasteiger partial charge in [0, 0.05) is 11.8 Å². The van der Waals surface area contributed by atoms with Gasteiger partial charge in [-0.15, -0.1) is 0 Å². The molecule has 10 nitrogen and oxygen atoms in total. The van der Waals surface area contributed by atoms with E-state index in [2.05, 4.69) is 9.71 Å². The largest absolute Gasteiger partial charge is 0.386 e. The van der Waals surface area contributed by atoms with E-state index < -0.39 is 51.1 Å². The molecule has 31 heavy (non-hydrogen) atoms. The topological polar surface area (TPSA) is 140 Å². The minimum Gasteiger partial charge on any atom is -0.386 e. The van der Waals surface area contributed by atoms with Crippen LogP contribution >= 0.6 is 0 Å². The van der Waals surface area contributed by atoms with Crippen molar-refractivity contribution < 1.29 is 23.0 Å². The summed E-state index contributed by atoms with van der Waals surface area (Å²) in [6.07, 6.45) is -2.18. The molecule has 1 unspecified atom stereocenters. The predicted octanol–water partition coefficient (Wildman–Crippen LogP) is 0.0181. The fourth-order valence-electron chi connectivity index (χ4n) is 3.74. The highest BCUT2D eigenvalue weighted by Crippen LogP contribution is 2.42. The van der Waals surface area contributed by atoms with Crippen LogP contribution in [0, 0.1) is 6.92 Å². The molecular formula is C20H27N3O7S. The summed E-state index contributed by atoms with van der Waals surface area (Å²) in [6.45, 7) is 3.34. The van der Waals surface area contributed by atoms with Crippen LogP contribution in [-0.4, -0.2) is 53.7 Å². The van der Waals surface area contributed by atoms with Gasteiger partial charge in [-0.05, 0) is 26.0 Å². The van der Waals surface area contributed by atoms with Gasteiger partial charge in [-0.1, -0.05) is 37.3 Å². The number of hydrogen-bond acceptors (Lipinski definition) is 7. The number of aryl methyl sites for hydroxylation is 1. The van der Waals surface area contributed by atoms with Gasteiger partial charge in [-0.3, -0.25) is 14.3 Å². The molecule has 1 aliphatic rings. The first-order valence-electron chi connectivity index (χ1n) is 9.87. The molecule has 0 aliphatic carbocycles. The Morgan fingerprint density at radius 2 is 1.97 bits per heavy atom. The number of hydrogen-bond donors (Lipinski definition) is 3. The lowest BCUT2D eigenvalue weighted by Gasteiger charge is -2.33. The minimum absolute atomic E-state index is 0.111. The van der Waals surface area contributed by atoms with E-state index in [0.29, 0.717) is 0 Å². The van der Waals surface area contributed by atoms with Crippen molar-refractivity contribution >= 4 is 10.0 Å². The molecule has 0 bridgehead atoms. The highest BCUT2D eigenvalue weighted by molar-refractivity contribution is 7.89. The number of nitrogens with one attached hydrogen (secondary N) is 2. The molecule has 1 aromatic heterocycles. The van der Waals surface area contributed by atoms with Crippen LogP contribution < -0.4 is 16.0 Å². The van der Waals surface area contributed by atoms with E-state index in [9.17, 15) is 23.1 Å². The number of aromatic amines is 1. The van der Waals surface area contributed by atoms with Crippen molar-refractivity contribution in [3.8, 4) is 0 Å². The molecule has 1 saturated heterocycles. The summed E-state index contributed by atoms with van der Waals surface area (Å²) >= 11 is 0. The number of rotatable bonds is 8. The lowest BCUT2D eigenvalue weighted by molar-refractivity contribution is -0.110. The Balaban J connectivity index is 2.02. The van der Waals surface area contributed by atoms with Crippen molar-refractivity contribution in [1.29, 1.82) is 0 Å². The number of sulfonamides is 1. The molecule has 2 heterocycles. The summed E-state index contributed by atoms with van der Waals surface area (Å²) in [5, 5.41) is 11.1. The van der Waals surface area contributed by atoms with Gasteiger partial charge in [0.1, 0.15) is 17.8 Å². The third kappa shape index (κ3) is 4.80. The molecule has 170 valence electrons. The standard InChI is InChI=1S/C20H27N3O7S/c1-4-20(12-31(27,28)21-3)16(29-11-14-8-6-5-7-9-14)15(24)18(30-20)23-10-13(2)17(25)22-19(23)26/h5-10,15-16,18,21,24H,4,11-12H2,1-3H3,(H,22,25,26)/t15-,16?,18+,20+/m0/s1. The first-order chi connectivity index (χ1) is 14.6. The summed E-state index contributed by atoms with van der Waals surface area (Å²) in [4.78, 5) is 26.3. The number of aliphatic hydroxyl groups excluding tert-OH is 1. The molecule has 0 radical (unpaired) electrons. The van der Waals surface area contributed by atoms with Gasteiger partial charge in [0.15, 0.2) is 6.23 Å². The summed E-state index contributed by atoms with van der Waals surface area (Å²) in [5.41, 5.74) is -1.68. The first-order valence-corrected chi connectivity index (χ1v) is 11.5. The molecule has 0 spiro atoms. The van der Waals surface area contributed by atoms with E-state index in [0.717, 1.165) is 10.1 Å². The molecule has 1 aromatic carbocycles. The van der Waals surface area contributed by atoms with Gasteiger partial charge < -0.3 is 14.6 Å². The second-order valence-corrected chi connectivity index (χ2v) is 9.50. The van der Waals surface area contributed by atoms with Gasteiger partial charge in [0.2, 0.25) is 10.0 Å². The van der Waals surface area contributed by atoms with Crippen LogP contribution in [-0.2, 0) is 26.1 Å². The van der Waals surface area contributed by atoms with E-state index in [1.54, 1.807) is 6.92 Å². The van der Waals surface area contributed by atoms with Crippen molar-refractivity contribution in [1.82, 2.24) is 14.3 Å². The van der Waals surface area contributed by atoms with Crippen LogP contribution in [0.15, 0.2) is 46.1 Å². The molecule has 0 saturated carbocycles. The Morgan fingerprint density at radius 1 is 1.29 bits per heavy atom. The molecule has 4 atom stereocenters. The van der Waals surface area contributed by atoms with Gasteiger partial charge in [0.05, 0.1) is 12.4 Å². The third-order valence-corrected chi connectivity index (χ3v) is 7.00. The van der Waals surface area contributed by atoms with Crippen molar-refractivity contribution in [2.24, 2.45) is 0 Å². The number of H-pyrrole nitrogens is 1. The molecule has 0 amide bonds. The smallest absolute Gasteiger partial charge is 0.330 e. The Morgan fingerprint density at radius 3 is 2.58 bits per heavy atom. The molecular weight excluding hydrogens is 426 g/mol. The van der Waals surface area contributed by atoms with E-state index in [-0.39, 0.29) is 18.6 Å². The molecule has 1 aliphatic heterocycles. The zero-order valence-electron chi connectivity index (χ0n) is 17.6. The third-order valence-electron chi connectivity index (χ3n) is 5.51. The van der Waals surface area contributed by atoms with E-state index in [4.69, 9.17) is 9.47 Å². The van der Waals surface area contributed by atoms with E-state index in [1.165, 1.54) is 20.2 Å². The molecule has 2 aromatic rings. The maximum Gasteiger partial charge on any atom is 0.330 e. The quantitative estimate of drug-likeness (QED) is 0.512. The first kappa shape index (κ1) is 23.4. The van der Waals surface area contributed by atoms with Crippen LogP contribution in [0.5, 0.6) is 0 Å². The Labute approximate surface area is 179 Å². The average molecular weight is 454 g/mol. The van der Waals surface area contributed by atoms with Gasteiger partial charge >= 0.3 is 5.69 Å². The minimum atomic E-state index is -3.75. The van der Waals surface area contributed by atoms with Crippen LogP contribution in [0.25, 0.3) is 0 Å². The van der Waals surface area contributed by atoms with Crippen molar-refractivity contribution in [3.05, 3.63) is 68.5 Å². The highest BCUT2D eigenvalue weighted by Gasteiger charge is 2.57. The normalized spacial score (nSPS) is 26.3. The second kappa shape index (κ2) is 9.05. The van der Waals surface area contributed by atoms with Crippen molar-refractivity contribution in [3.63, 3.8) is 0 Å². The maximum atomic E-state index is 12.4. The SMILES string of the molecule is CC[C@]1(CS(=O)(=O)NC)O[C@@H](n2cc(C)c(=O)[nH]c2=O)[C@@H](O)C1OCc1ccccc1. The Kier molecular flexibility index (Phi) is 6.82. The van der Waals surface area contributed by atoms with Crippen LogP contribution in [0.2, 0.25) is 0 Å². The Bertz CT molecular complexity index is 1130. The fraction of sp³-hybridized carbons (Fsp3) is 0.500. The Hall–Kier alpha value is -2.31. The van der Waals surface area contributed by atoms with Crippen molar-refractivity contribution in [2.45, 2.75) is 50.9 Å². The van der Waals surface area contributed by atoms with E-state index in [1.807, 2.05) is 30.3 Å². The fourth-order valence-corrected chi connectivity index (χ4v) is 4.97. The monoisotopic (exact) mass is 453 g/mol. The van der Waals surface area contributed by atoms with Crippen LogP contribution in [0.4, 0.5) is 0 Å². The number of aliphatic hydroxyl groups is 1. The predicted molar refractivity (Wildman–Crippen MR) is 113 cm³/mol. The lowest BCUT2D eigenvalue weighted by Crippen LogP contribution is -2.51. The molecule has 3 N–H and O–H groups in total. The maximum absolute atomic E-state index is 12.4. The molecule has 1 fully saturated rings. The summed E-state index contributed by atoms with van der Waals surface area (Å²) in [5.74, 6) is -0.475. The summed E-state index contributed by atoms with van der Waals surface area (Å²) < 4.78 is 40.2. The number of aromatic nitrogens is 2. The second-order valence-electron chi connectivity index (χ2n) is 7.58. The van der Waals surface area contributed by atoms with Crippen LogP contribution in [0.1, 0.15) is 30.7 Å². The van der Waals surface area contributed by atoms with E-state index >= 15 is 0 Å². The van der Waals surface area contributed by atoms with Gasteiger partial charge in [0.25, 0.3) is 5.56 Å². The summed E-state index contributed by atoms with van der Waals surface area (Å²) in [6, 6.07) is 9.21. The summed E-state index contributed by atoms with van der Waals surface area (Å²) in [7, 11) is -2.47. The zero-order chi connectivity index (χ0) is 22.8. The van der Waals surface area contributed by atoms with Crippen LogP contribution in [0.3, 0.4) is 0 Å². The number of benzene rings is 1. The van der Waals surface area contributed by atoms with Crippen molar-refractivity contribution in [2.75, 3.05) is 12.8 Å². The molecule has 11 heteroatoms. The lowest BCUT2D eigenvalue weighted by atomic mass is 9.94. The number of nitrogens with zero attached hydrogens (tertiary/aromatic N) is 1. The molecule has 3 rings (SSSR count). The zero-order valence-corrected chi connectivity index (χ0v) is 18.4. The number of ether oxygens (including phenoxy) is 2. The average Bonchev–Trinajstić information content (AvgIpc) is 3.01. The van der Waals surface area contributed by atoms with Gasteiger partial charge in [-0.2, -0.15) is 0 Å². The van der Waals surface area contributed by atoms with Gasteiger partial charge in [-0.25, -0.2) is 17.9 Å².